The molecular weight excluding hydrogens is 238 g/mol. The first kappa shape index (κ1) is 15.7. The third kappa shape index (κ3) is 5.41. The molecule has 1 aromatic carbocycles. The monoisotopic (exact) mass is 263 g/mol. The number of amides is 1. The Hall–Kier alpha value is -1.39. The molecule has 2 N–H and O–H groups in total. The molecule has 0 atom stereocenters. The Bertz CT molecular complexity index is 363. The van der Waals surface area contributed by atoms with Gasteiger partial charge >= 0.3 is 0 Å². The van der Waals surface area contributed by atoms with Gasteiger partial charge in [-0.05, 0) is 19.4 Å². The molecule has 4 heteroatoms. The van der Waals surface area contributed by atoms with Crippen LogP contribution in [0.15, 0.2) is 30.3 Å². The van der Waals surface area contributed by atoms with Crippen molar-refractivity contribution >= 4 is 5.91 Å². The Morgan fingerprint density at radius 2 is 1.79 bits per heavy atom. The van der Waals surface area contributed by atoms with Gasteiger partial charge in [0.25, 0.3) is 0 Å². The summed E-state index contributed by atoms with van der Waals surface area (Å²) < 4.78 is 0. The Morgan fingerprint density at radius 3 is 2.32 bits per heavy atom. The molecule has 0 bridgehead atoms. The maximum atomic E-state index is 12.1. The molecule has 0 unspecified atom stereocenters. The Labute approximate surface area is 116 Å². The van der Waals surface area contributed by atoms with Gasteiger partial charge in [-0.1, -0.05) is 30.3 Å². The van der Waals surface area contributed by atoms with Crippen molar-refractivity contribution in [1.82, 2.24) is 9.80 Å². The molecule has 19 heavy (non-hydrogen) atoms. The number of hydrogen-bond donors (Lipinski definition) is 1. The van der Waals surface area contributed by atoms with Crippen molar-refractivity contribution < 1.29 is 4.79 Å². The average Bonchev–Trinajstić information content (AvgIpc) is 2.41. The Balaban J connectivity index is 2.60. The summed E-state index contributed by atoms with van der Waals surface area (Å²) in [6, 6.07) is 10.2. The van der Waals surface area contributed by atoms with Crippen molar-refractivity contribution in [2.45, 2.75) is 20.4 Å². The van der Waals surface area contributed by atoms with E-state index in [0.717, 1.165) is 26.2 Å². The molecule has 0 saturated carbocycles. The number of rotatable bonds is 8. The van der Waals surface area contributed by atoms with Crippen molar-refractivity contribution in [3.8, 4) is 0 Å². The predicted octanol–water partition coefficient (Wildman–Crippen LogP) is 1.32. The molecule has 0 radical (unpaired) electrons. The van der Waals surface area contributed by atoms with Crippen molar-refractivity contribution in [2.75, 3.05) is 32.7 Å². The minimum absolute atomic E-state index is 0.175. The van der Waals surface area contributed by atoms with E-state index in [4.69, 9.17) is 5.73 Å². The Morgan fingerprint density at radius 1 is 1.16 bits per heavy atom. The maximum absolute atomic E-state index is 12.1. The van der Waals surface area contributed by atoms with E-state index in [1.165, 1.54) is 5.56 Å². The summed E-state index contributed by atoms with van der Waals surface area (Å²) in [4.78, 5) is 16.1. The highest BCUT2D eigenvalue weighted by Gasteiger charge is 2.14. The SMILES string of the molecule is CCN(CC)C(=O)CN(CCN)Cc1ccccc1. The fourth-order valence-electron chi connectivity index (χ4n) is 2.11. The first-order valence-corrected chi connectivity index (χ1v) is 6.95. The van der Waals surface area contributed by atoms with Gasteiger partial charge in [-0.2, -0.15) is 0 Å². The van der Waals surface area contributed by atoms with Crippen molar-refractivity contribution in [1.29, 1.82) is 0 Å². The predicted molar refractivity (Wildman–Crippen MR) is 78.7 cm³/mol. The lowest BCUT2D eigenvalue weighted by Gasteiger charge is -2.25. The van der Waals surface area contributed by atoms with Gasteiger partial charge in [0.2, 0.25) is 5.91 Å². The second kappa shape index (κ2) is 8.67. The molecule has 0 aliphatic rings. The summed E-state index contributed by atoms with van der Waals surface area (Å²) in [6.45, 7) is 8.05. The van der Waals surface area contributed by atoms with E-state index >= 15 is 0 Å². The number of likely N-dealkylation sites (N-methyl/N-ethyl adjacent to an activating group) is 1. The number of nitrogens with two attached hydrogens (primary N) is 1. The van der Waals surface area contributed by atoms with Crippen molar-refractivity contribution in [3.05, 3.63) is 35.9 Å². The molecular formula is C15H25N3O. The fraction of sp³-hybridized carbons (Fsp3) is 0.533. The summed E-state index contributed by atoms with van der Waals surface area (Å²) >= 11 is 0. The minimum atomic E-state index is 0.175. The van der Waals surface area contributed by atoms with Crippen LogP contribution < -0.4 is 5.73 Å². The quantitative estimate of drug-likeness (QED) is 0.769. The van der Waals surface area contributed by atoms with Gasteiger partial charge in [0, 0.05) is 32.7 Å². The van der Waals surface area contributed by atoms with Crippen LogP contribution in [0.3, 0.4) is 0 Å². The van der Waals surface area contributed by atoms with Crippen LogP contribution in [0.25, 0.3) is 0 Å². The smallest absolute Gasteiger partial charge is 0.236 e. The number of nitrogens with zero attached hydrogens (tertiary/aromatic N) is 2. The number of hydrogen-bond acceptors (Lipinski definition) is 3. The molecule has 0 aliphatic heterocycles. The molecule has 0 aromatic heterocycles. The molecule has 1 rings (SSSR count). The molecule has 1 aromatic rings. The first-order chi connectivity index (χ1) is 9.21. The van der Waals surface area contributed by atoms with Gasteiger partial charge in [-0.25, -0.2) is 0 Å². The van der Waals surface area contributed by atoms with Crippen LogP contribution in [0.2, 0.25) is 0 Å². The van der Waals surface area contributed by atoms with Gasteiger partial charge in [-0.15, -0.1) is 0 Å². The number of benzene rings is 1. The van der Waals surface area contributed by atoms with Crippen LogP contribution in [0.4, 0.5) is 0 Å². The van der Waals surface area contributed by atoms with Crippen molar-refractivity contribution in [2.24, 2.45) is 5.73 Å². The molecule has 1 amide bonds. The summed E-state index contributed by atoms with van der Waals surface area (Å²) in [5, 5.41) is 0. The van der Waals surface area contributed by atoms with Gasteiger partial charge in [0.05, 0.1) is 6.54 Å². The third-order valence-electron chi connectivity index (χ3n) is 3.17. The van der Waals surface area contributed by atoms with E-state index in [-0.39, 0.29) is 5.91 Å². The average molecular weight is 263 g/mol. The molecule has 0 spiro atoms. The zero-order chi connectivity index (χ0) is 14.1. The van der Waals surface area contributed by atoms with E-state index in [1.54, 1.807) is 0 Å². The van der Waals surface area contributed by atoms with Gasteiger partial charge in [0.1, 0.15) is 0 Å². The van der Waals surface area contributed by atoms with E-state index in [9.17, 15) is 4.79 Å². The van der Waals surface area contributed by atoms with Crippen LogP contribution in [0.1, 0.15) is 19.4 Å². The molecule has 106 valence electrons. The largest absolute Gasteiger partial charge is 0.342 e. The molecule has 0 fully saturated rings. The summed E-state index contributed by atoms with van der Waals surface area (Å²) in [5.74, 6) is 0.175. The third-order valence-corrected chi connectivity index (χ3v) is 3.17. The number of carbonyl (C=O) groups is 1. The number of carbonyl (C=O) groups excluding carboxylic acids is 1. The van der Waals surface area contributed by atoms with Gasteiger partial charge in [0.15, 0.2) is 0 Å². The van der Waals surface area contributed by atoms with E-state index in [1.807, 2.05) is 36.9 Å². The summed E-state index contributed by atoms with van der Waals surface area (Å²) in [7, 11) is 0. The molecule has 0 aliphatic carbocycles. The highest BCUT2D eigenvalue weighted by Crippen LogP contribution is 2.04. The standard InChI is InChI=1S/C15H25N3O/c1-3-18(4-2)15(19)13-17(11-10-16)12-14-8-6-5-7-9-14/h5-9H,3-4,10-13,16H2,1-2H3. The fourth-order valence-corrected chi connectivity index (χ4v) is 2.11. The van der Waals surface area contributed by atoms with Crippen LogP contribution in [0.5, 0.6) is 0 Å². The zero-order valence-electron chi connectivity index (χ0n) is 12.0. The lowest BCUT2D eigenvalue weighted by atomic mass is 10.2. The molecule has 0 heterocycles. The van der Waals surface area contributed by atoms with E-state index in [0.29, 0.717) is 13.1 Å². The molecule has 0 saturated heterocycles. The van der Waals surface area contributed by atoms with Crippen LogP contribution in [0, 0.1) is 0 Å². The van der Waals surface area contributed by atoms with Gasteiger partial charge < -0.3 is 10.6 Å². The van der Waals surface area contributed by atoms with Crippen LogP contribution >= 0.6 is 0 Å². The second-order valence-corrected chi connectivity index (χ2v) is 4.55. The summed E-state index contributed by atoms with van der Waals surface area (Å²) in [5.41, 5.74) is 6.84. The van der Waals surface area contributed by atoms with E-state index in [2.05, 4.69) is 17.0 Å². The topological polar surface area (TPSA) is 49.6 Å². The van der Waals surface area contributed by atoms with E-state index < -0.39 is 0 Å². The Kier molecular flexibility index (Phi) is 7.15. The molecule has 4 nitrogen and oxygen atoms in total. The summed E-state index contributed by atoms with van der Waals surface area (Å²) in [6.07, 6.45) is 0. The minimum Gasteiger partial charge on any atom is -0.342 e. The van der Waals surface area contributed by atoms with Crippen molar-refractivity contribution in [3.63, 3.8) is 0 Å². The lowest BCUT2D eigenvalue weighted by Crippen LogP contribution is -2.41. The maximum Gasteiger partial charge on any atom is 0.236 e. The first-order valence-electron chi connectivity index (χ1n) is 6.95. The highest BCUT2D eigenvalue weighted by atomic mass is 16.2. The zero-order valence-corrected chi connectivity index (χ0v) is 12.0. The van der Waals surface area contributed by atoms with Crippen LogP contribution in [-0.4, -0.2) is 48.4 Å². The highest BCUT2D eigenvalue weighted by molar-refractivity contribution is 5.78. The van der Waals surface area contributed by atoms with Gasteiger partial charge in [-0.3, -0.25) is 9.69 Å². The lowest BCUT2D eigenvalue weighted by molar-refractivity contribution is -0.132. The van der Waals surface area contributed by atoms with Crippen LogP contribution in [-0.2, 0) is 11.3 Å². The normalized spacial score (nSPS) is 10.7. The second-order valence-electron chi connectivity index (χ2n) is 4.55.